The normalized spacial score (nSPS) is 15.5. The summed E-state index contributed by atoms with van der Waals surface area (Å²) in [5.41, 5.74) is 4.44. The van der Waals surface area contributed by atoms with Crippen molar-refractivity contribution >= 4 is 11.9 Å². The van der Waals surface area contributed by atoms with Crippen molar-refractivity contribution in [1.82, 2.24) is 0 Å². The molecular formula is C49H76O5. The van der Waals surface area contributed by atoms with Crippen LogP contribution in [0.15, 0.2) is 93.8 Å². The number of hydrogen-bond donors (Lipinski definition) is 0. The van der Waals surface area contributed by atoms with Crippen LogP contribution in [0.25, 0.3) is 0 Å². The number of rotatable bonds is 31. The molecule has 0 radical (unpaired) electrons. The zero-order chi connectivity index (χ0) is 39.2. The standard InChI is InChI=1S/C49H76O5/c1-40(2)28-23-21-19-17-15-13-11-9-7-8-10-12-14-16-18-20-22-24-35-47(50)54-48-44(6)49(51)53-46(48)38-43(5)33-26-31-41(3)29-25-30-42(4)32-27-34-45-36-37-52-39-45/h10,12,18,20,29,32,36-40,43H,7-9,11,13-17,19,21-28,30-31,33-35H2,1-6H3/b12-10-,20-18-,41-29+,42-32+,46-38-/t43-/m1/s1. The molecule has 0 saturated carbocycles. The van der Waals surface area contributed by atoms with Gasteiger partial charge < -0.3 is 13.9 Å². The number of hydrogen-bond acceptors (Lipinski definition) is 5. The maximum absolute atomic E-state index is 12.7. The average molecular weight is 745 g/mol. The molecule has 1 aliphatic rings. The summed E-state index contributed by atoms with van der Waals surface area (Å²) in [6.45, 7) is 12.8. The van der Waals surface area contributed by atoms with Crippen LogP contribution < -0.4 is 0 Å². The van der Waals surface area contributed by atoms with Crippen molar-refractivity contribution in [3.05, 3.63) is 94.9 Å². The van der Waals surface area contributed by atoms with Gasteiger partial charge in [0.05, 0.1) is 18.1 Å². The van der Waals surface area contributed by atoms with E-state index in [1.165, 1.54) is 87.3 Å². The molecule has 5 heteroatoms. The number of ether oxygens (including phenoxy) is 2. The van der Waals surface area contributed by atoms with E-state index >= 15 is 0 Å². The van der Waals surface area contributed by atoms with Crippen LogP contribution in [0.2, 0.25) is 0 Å². The van der Waals surface area contributed by atoms with Gasteiger partial charge in [0, 0.05) is 6.42 Å². The summed E-state index contributed by atoms with van der Waals surface area (Å²) >= 11 is 0. The smallest absolute Gasteiger partial charge is 0.343 e. The Balaban J connectivity index is 1.53. The van der Waals surface area contributed by atoms with Gasteiger partial charge in [0.25, 0.3) is 0 Å². The summed E-state index contributed by atoms with van der Waals surface area (Å²) in [6.07, 6.45) is 45.4. The van der Waals surface area contributed by atoms with Gasteiger partial charge in [0.1, 0.15) is 0 Å². The number of cyclic esters (lactones) is 1. The Morgan fingerprint density at radius 1 is 0.704 bits per heavy atom. The van der Waals surface area contributed by atoms with Crippen LogP contribution >= 0.6 is 0 Å². The van der Waals surface area contributed by atoms with E-state index in [9.17, 15) is 9.59 Å². The Bertz CT molecular complexity index is 1350. The van der Waals surface area contributed by atoms with Gasteiger partial charge in [-0.2, -0.15) is 0 Å². The van der Waals surface area contributed by atoms with Crippen LogP contribution in [0.5, 0.6) is 0 Å². The summed E-state index contributed by atoms with van der Waals surface area (Å²) in [6, 6.07) is 2.03. The highest BCUT2D eigenvalue weighted by atomic mass is 16.6. The minimum atomic E-state index is -0.439. The molecule has 0 unspecified atom stereocenters. The third kappa shape index (κ3) is 23.4. The molecule has 1 aromatic rings. The van der Waals surface area contributed by atoms with E-state index in [1.807, 2.05) is 18.4 Å². The van der Waals surface area contributed by atoms with E-state index in [2.05, 4.69) is 71.1 Å². The van der Waals surface area contributed by atoms with Crippen molar-refractivity contribution in [3.63, 3.8) is 0 Å². The van der Waals surface area contributed by atoms with Gasteiger partial charge in [-0.25, -0.2) is 4.79 Å². The van der Waals surface area contributed by atoms with E-state index < -0.39 is 5.97 Å². The van der Waals surface area contributed by atoms with Crippen molar-refractivity contribution < 1.29 is 23.5 Å². The van der Waals surface area contributed by atoms with Crippen LogP contribution in [0, 0.1) is 11.8 Å². The van der Waals surface area contributed by atoms with E-state index in [-0.39, 0.29) is 17.6 Å². The van der Waals surface area contributed by atoms with Crippen molar-refractivity contribution in [2.45, 2.75) is 189 Å². The first-order chi connectivity index (χ1) is 26.2. The fourth-order valence-corrected chi connectivity index (χ4v) is 6.70. The molecule has 302 valence electrons. The fourth-order valence-electron chi connectivity index (χ4n) is 6.70. The molecule has 54 heavy (non-hydrogen) atoms. The van der Waals surface area contributed by atoms with Crippen LogP contribution in [0.4, 0.5) is 0 Å². The zero-order valence-corrected chi connectivity index (χ0v) is 35.2. The summed E-state index contributed by atoms with van der Waals surface area (Å²) in [4.78, 5) is 25.0. The monoisotopic (exact) mass is 745 g/mol. The molecular weight excluding hydrogens is 669 g/mol. The SMILES string of the molecule is CC1=C(OC(=O)CCC/C=C\CC/C=C\CCCCCCCCCCCC(C)C)/C(=C/[C@H](C)CCC/C(C)=C/CC/C(C)=C/CCc2ccoc2)OC1=O. The molecule has 0 aromatic carbocycles. The molecule has 0 N–H and O–H groups in total. The average Bonchev–Trinajstić information content (AvgIpc) is 3.74. The third-order valence-electron chi connectivity index (χ3n) is 10.2. The second kappa shape index (κ2) is 29.9. The lowest BCUT2D eigenvalue weighted by molar-refractivity contribution is -0.140. The van der Waals surface area contributed by atoms with Crippen molar-refractivity contribution in [1.29, 1.82) is 0 Å². The lowest BCUT2D eigenvalue weighted by Gasteiger charge is -2.10. The van der Waals surface area contributed by atoms with Crippen LogP contribution in [0.1, 0.15) is 188 Å². The minimum absolute atomic E-state index is 0.189. The topological polar surface area (TPSA) is 65.7 Å². The highest BCUT2D eigenvalue weighted by Gasteiger charge is 2.30. The van der Waals surface area contributed by atoms with Gasteiger partial charge in [-0.1, -0.05) is 126 Å². The number of furan rings is 1. The summed E-state index contributed by atoms with van der Waals surface area (Å²) in [5, 5.41) is 0. The Morgan fingerprint density at radius 2 is 1.31 bits per heavy atom. The van der Waals surface area contributed by atoms with Gasteiger partial charge in [0.2, 0.25) is 0 Å². The van der Waals surface area contributed by atoms with E-state index in [0.717, 1.165) is 70.1 Å². The number of unbranched alkanes of at least 4 members (excludes halogenated alkanes) is 11. The van der Waals surface area contributed by atoms with Crippen molar-refractivity contribution in [2.75, 3.05) is 0 Å². The third-order valence-corrected chi connectivity index (χ3v) is 10.2. The number of carbonyl (C=O) groups is 2. The molecule has 0 spiro atoms. The first-order valence-corrected chi connectivity index (χ1v) is 21.6. The van der Waals surface area contributed by atoms with Crippen molar-refractivity contribution in [2.24, 2.45) is 11.8 Å². The first kappa shape index (κ1) is 46.8. The van der Waals surface area contributed by atoms with Crippen LogP contribution in [-0.2, 0) is 25.5 Å². The largest absolute Gasteiger partial charge is 0.472 e. The van der Waals surface area contributed by atoms with E-state index in [1.54, 1.807) is 13.2 Å². The predicted molar refractivity (Wildman–Crippen MR) is 227 cm³/mol. The molecule has 0 amide bonds. The molecule has 0 aliphatic carbocycles. The molecule has 5 nitrogen and oxygen atoms in total. The number of aryl methyl sites for hydroxylation is 1. The Labute approximate surface area is 330 Å². The molecule has 2 rings (SSSR count). The number of esters is 2. The molecule has 0 bridgehead atoms. The molecule has 0 fully saturated rings. The Kier molecular flexibility index (Phi) is 26.0. The van der Waals surface area contributed by atoms with Crippen LogP contribution in [0.3, 0.4) is 0 Å². The first-order valence-electron chi connectivity index (χ1n) is 21.6. The van der Waals surface area contributed by atoms with Gasteiger partial charge in [0.15, 0.2) is 11.5 Å². The number of allylic oxidation sites excluding steroid dienone is 9. The van der Waals surface area contributed by atoms with Gasteiger partial charge >= 0.3 is 11.9 Å². The second-order valence-electron chi connectivity index (χ2n) is 16.1. The predicted octanol–water partition coefficient (Wildman–Crippen LogP) is 15.0. The highest BCUT2D eigenvalue weighted by Crippen LogP contribution is 2.30. The van der Waals surface area contributed by atoms with Gasteiger partial charge in [-0.3, -0.25) is 4.79 Å². The zero-order valence-electron chi connectivity index (χ0n) is 35.2. The lowest BCUT2D eigenvalue weighted by Crippen LogP contribution is -2.06. The van der Waals surface area contributed by atoms with Crippen molar-refractivity contribution in [3.8, 4) is 0 Å². The highest BCUT2D eigenvalue weighted by molar-refractivity contribution is 5.94. The maximum Gasteiger partial charge on any atom is 0.343 e. The lowest BCUT2D eigenvalue weighted by atomic mass is 9.99. The molecule has 1 atom stereocenters. The van der Waals surface area contributed by atoms with Crippen LogP contribution in [-0.4, -0.2) is 11.9 Å². The molecule has 2 heterocycles. The quantitative estimate of drug-likeness (QED) is 0.0430. The minimum Gasteiger partial charge on any atom is -0.472 e. The van der Waals surface area contributed by atoms with E-state index in [0.29, 0.717) is 24.2 Å². The summed E-state index contributed by atoms with van der Waals surface area (Å²) < 4.78 is 16.3. The summed E-state index contributed by atoms with van der Waals surface area (Å²) in [7, 11) is 0. The Morgan fingerprint density at radius 3 is 1.98 bits per heavy atom. The summed E-state index contributed by atoms with van der Waals surface area (Å²) in [5.74, 6) is 0.948. The maximum atomic E-state index is 12.7. The molecule has 1 aromatic heterocycles. The molecule has 0 saturated heterocycles. The Hall–Kier alpha value is -3.34. The second-order valence-corrected chi connectivity index (χ2v) is 16.1. The number of carbonyl (C=O) groups excluding carboxylic acids is 2. The van der Waals surface area contributed by atoms with Gasteiger partial charge in [-0.05, 0) is 134 Å². The van der Waals surface area contributed by atoms with E-state index in [4.69, 9.17) is 13.9 Å². The fraction of sp³-hybridized carbons (Fsp3) is 0.633. The van der Waals surface area contributed by atoms with Gasteiger partial charge in [-0.15, -0.1) is 0 Å². The molecule has 1 aliphatic heterocycles.